The summed E-state index contributed by atoms with van der Waals surface area (Å²) in [6.45, 7) is 2.62. The van der Waals surface area contributed by atoms with Gasteiger partial charge in [-0.2, -0.15) is 0 Å². The molecule has 1 amide bonds. The Balaban J connectivity index is 1.63. The third kappa shape index (κ3) is 6.89. The van der Waals surface area contributed by atoms with Crippen LogP contribution in [0.4, 0.5) is 0 Å². The average Bonchev–Trinajstić information content (AvgIpc) is 3.29. The molecule has 0 aromatic heterocycles. The third-order valence-electron chi connectivity index (χ3n) is 7.57. The van der Waals surface area contributed by atoms with E-state index in [0.717, 1.165) is 30.4 Å². The molecule has 1 aliphatic carbocycles. The van der Waals surface area contributed by atoms with Gasteiger partial charge >= 0.3 is 0 Å². The third-order valence-corrected chi connectivity index (χ3v) is 7.57. The van der Waals surface area contributed by atoms with E-state index < -0.39 is 17.2 Å². The average molecular weight is 536 g/mol. The highest BCUT2D eigenvalue weighted by atomic mass is 16.5. The van der Waals surface area contributed by atoms with Crippen molar-refractivity contribution in [2.45, 2.75) is 75.7 Å². The Morgan fingerprint density at radius 3 is 2.59 bits per heavy atom. The molecule has 2 aliphatic rings. The van der Waals surface area contributed by atoms with E-state index in [1.807, 2.05) is 43.3 Å². The fourth-order valence-electron chi connectivity index (χ4n) is 5.21. The molecule has 1 saturated carbocycles. The summed E-state index contributed by atoms with van der Waals surface area (Å²) in [4.78, 5) is 21.7. The lowest BCUT2D eigenvalue weighted by Gasteiger charge is -2.34. The van der Waals surface area contributed by atoms with Crippen LogP contribution < -0.4 is 10.1 Å². The first-order chi connectivity index (χ1) is 18.9. The minimum atomic E-state index is -1.29. The summed E-state index contributed by atoms with van der Waals surface area (Å²) in [6, 6.07) is 14.8. The number of nitrogens with zero attached hydrogens (tertiary/aromatic N) is 4. The van der Waals surface area contributed by atoms with Gasteiger partial charge in [0, 0.05) is 36.5 Å². The van der Waals surface area contributed by atoms with Gasteiger partial charge in [0.25, 0.3) is 5.91 Å². The Kier molecular flexibility index (Phi) is 9.45. The normalized spacial score (nSPS) is 21.8. The molecule has 1 heterocycles. The summed E-state index contributed by atoms with van der Waals surface area (Å²) in [7, 11) is 0. The number of nitrogens with one attached hydrogen (secondary N) is 1. The molecule has 2 atom stereocenters. The number of rotatable bonds is 12. The maximum atomic E-state index is 13.9. The first kappa shape index (κ1) is 28.4. The zero-order valence-corrected chi connectivity index (χ0v) is 22.4. The van der Waals surface area contributed by atoms with Crippen LogP contribution in [0, 0.1) is 0 Å². The molecule has 10 heteroatoms. The predicted molar refractivity (Wildman–Crippen MR) is 147 cm³/mol. The number of aliphatic hydroxyl groups is 2. The van der Waals surface area contributed by atoms with Crippen LogP contribution in [-0.2, 0) is 22.5 Å². The van der Waals surface area contributed by atoms with Crippen LogP contribution >= 0.6 is 0 Å². The van der Waals surface area contributed by atoms with Crippen molar-refractivity contribution in [3.8, 4) is 5.75 Å². The highest BCUT2D eigenvalue weighted by Crippen LogP contribution is 2.34. The smallest absolute Gasteiger partial charge is 0.252 e. The van der Waals surface area contributed by atoms with E-state index in [4.69, 9.17) is 25.1 Å². The molecule has 2 aromatic carbocycles. The lowest BCUT2D eigenvalue weighted by Crippen LogP contribution is -2.55. The number of hydrogen-bond donors (Lipinski definition) is 3. The molecule has 0 spiro atoms. The number of benzene rings is 2. The highest BCUT2D eigenvalue weighted by Gasteiger charge is 2.51. The van der Waals surface area contributed by atoms with Crippen molar-refractivity contribution in [2.24, 2.45) is 10.1 Å². The lowest BCUT2D eigenvalue weighted by atomic mass is 9.82. The van der Waals surface area contributed by atoms with E-state index in [0.29, 0.717) is 43.1 Å². The first-order valence-corrected chi connectivity index (χ1v) is 13.6. The predicted octanol–water partition coefficient (Wildman–Crippen LogP) is 4.22. The molecule has 3 N–H and O–H groups in total. The van der Waals surface area contributed by atoms with Crippen LogP contribution in [0.2, 0.25) is 0 Å². The minimum Gasteiger partial charge on any atom is -0.494 e. The molecule has 0 unspecified atom stereocenters. The molecule has 0 saturated heterocycles. The molecule has 1 aliphatic heterocycles. The second kappa shape index (κ2) is 13.0. The first-order valence-electron chi connectivity index (χ1n) is 13.6. The molecular formula is C29H37N5O5. The zero-order chi connectivity index (χ0) is 27.7. The summed E-state index contributed by atoms with van der Waals surface area (Å²) >= 11 is 0. The van der Waals surface area contributed by atoms with Gasteiger partial charge in [0.1, 0.15) is 11.9 Å². The van der Waals surface area contributed by atoms with Crippen molar-refractivity contribution in [3.05, 3.63) is 75.7 Å². The molecule has 39 heavy (non-hydrogen) atoms. The highest BCUT2D eigenvalue weighted by molar-refractivity contribution is 6.01. The van der Waals surface area contributed by atoms with Gasteiger partial charge in [-0.15, -0.1) is 0 Å². The van der Waals surface area contributed by atoms with Crippen molar-refractivity contribution in [1.29, 1.82) is 0 Å². The van der Waals surface area contributed by atoms with Crippen LogP contribution in [-0.4, -0.2) is 59.0 Å². The Labute approximate surface area is 228 Å². The van der Waals surface area contributed by atoms with Crippen molar-refractivity contribution in [1.82, 2.24) is 5.32 Å². The van der Waals surface area contributed by atoms with E-state index in [2.05, 4.69) is 15.3 Å². The quantitative estimate of drug-likeness (QED) is 0.161. The second-order valence-electron chi connectivity index (χ2n) is 10.4. The number of amides is 1. The molecule has 208 valence electrons. The molecule has 10 nitrogen and oxygen atoms in total. The molecule has 2 aromatic rings. The van der Waals surface area contributed by atoms with E-state index in [9.17, 15) is 9.90 Å². The Morgan fingerprint density at radius 1 is 1.18 bits per heavy atom. The molecular weight excluding hydrogens is 498 g/mol. The number of aliphatic imine (C=N–C) groups is 1. The summed E-state index contributed by atoms with van der Waals surface area (Å²) in [5.74, 6) is 0.700. The molecule has 0 bridgehead atoms. The number of hydrogen-bond acceptors (Lipinski definition) is 7. The fraction of sp³-hybridized carbons (Fsp3) is 0.517. The number of ether oxygens (including phenoxy) is 2. The van der Waals surface area contributed by atoms with Gasteiger partial charge in [0.05, 0.1) is 18.8 Å². The summed E-state index contributed by atoms with van der Waals surface area (Å²) in [6.07, 6.45) is 4.46. The number of azide groups is 1. The molecule has 0 radical (unpaired) electrons. The SMILES string of the molecule is C[C@H]1OC(c2ccc(OCCCO)cc2)=N[C@@]1(Cc1ccccc1CN=[N+]=[N-])C(=O)NCC1(O)CCCCC1. The van der Waals surface area contributed by atoms with Gasteiger partial charge in [-0.05, 0) is 60.7 Å². The summed E-state index contributed by atoms with van der Waals surface area (Å²) < 4.78 is 11.8. The number of carbonyl (C=O) groups is 1. The number of aliphatic hydroxyl groups excluding tert-OH is 1. The summed E-state index contributed by atoms with van der Waals surface area (Å²) in [5, 5.41) is 26.7. The lowest BCUT2D eigenvalue weighted by molar-refractivity contribution is -0.130. The van der Waals surface area contributed by atoms with Gasteiger partial charge in [-0.1, -0.05) is 48.6 Å². The van der Waals surface area contributed by atoms with Gasteiger partial charge in [-0.3, -0.25) is 4.79 Å². The van der Waals surface area contributed by atoms with Gasteiger partial charge in [0.2, 0.25) is 5.90 Å². The van der Waals surface area contributed by atoms with Crippen LogP contribution in [0.3, 0.4) is 0 Å². The fourth-order valence-corrected chi connectivity index (χ4v) is 5.21. The van der Waals surface area contributed by atoms with Gasteiger partial charge in [0.15, 0.2) is 5.54 Å². The monoisotopic (exact) mass is 535 g/mol. The zero-order valence-electron chi connectivity index (χ0n) is 22.4. The second-order valence-corrected chi connectivity index (χ2v) is 10.4. The van der Waals surface area contributed by atoms with Crippen molar-refractivity contribution >= 4 is 11.8 Å². The largest absolute Gasteiger partial charge is 0.494 e. The Bertz CT molecular complexity index is 1200. The number of carbonyl (C=O) groups excluding carboxylic acids is 1. The van der Waals surface area contributed by atoms with Crippen LogP contribution in [0.25, 0.3) is 10.4 Å². The topological polar surface area (TPSA) is 149 Å². The van der Waals surface area contributed by atoms with Crippen molar-refractivity contribution < 1.29 is 24.5 Å². The Morgan fingerprint density at radius 2 is 1.90 bits per heavy atom. The van der Waals surface area contributed by atoms with Crippen molar-refractivity contribution in [2.75, 3.05) is 19.8 Å². The van der Waals surface area contributed by atoms with E-state index in [1.165, 1.54) is 0 Å². The van der Waals surface area contributed by atoms with Crippen LogP contribution in [0.5, 0.6) is 5.75 Å². The van der Waals surface area contributed by atoms with Crippen LogP contribution in [0.15, 0.2) is 58.6 Å². The Hall–Kier alpha value is -3.59. The van der Waals surface area contributed by atoms with E-state index >= 15 is 0 Å². The summed E-state index contributed by atoms with van der Waals surface area (Å²) in [5.41, 5.74) is 9.00. The standard InChI is InChI=1S/C29H37N5O5/c1-21-29(18-23-8-3-4-9-24(23)19-32-34-30,27(36)31-20-28(37)14-5-2-6-15-28)33-26(39-21)22-10-12-25(13-11-22)38-17-7-16-35/h3-4,8-13,21,35,37H,2,5-7,14-20H2,1H3,(H,31,36)/t21-,29-/m1/s1. The molecule has 1 fully saturated rings. The maximum absolute atomic E-state index is 13.9. The van der Waals surface area contributed by atoms with Crippen molar-refractivity contribution in [3.63, 3.8) is 0 Å². The van der Waals surface area contributed by atoms with E-state index in [-0.39, 0.29) is 32.0 Å². The van der Waals surface area contributed by atoms with Gasteiger partial charge < -0.3 is 25.0 Å². The molecule has 4 rings (SSSR count). The maximum Gasteiger partial charge on any atom is 0.252 e. The minimum absolute atomic E-state index is 0.0636. The van der Waals surface area contributed by atoms with Gasteiger partial charge in [-0.25, -0.2) is 4.99 Å². The van der Waals surface area contributed by atoms with Crippen LogP contribution in [0.1, 0.15) is 62.1 Å². The van der Waals surface area contributed by atoms with E-state index in [1.54, 1.807) is 12.1 Å².